The van der Waals surface area contributed by atoms with Crippen molar-refractivity contribution >= 4 is 0 Å². The van der Waals surface area contributed by atoms with Crippen molar-refractivity contribution < 1.29 is 4.39 Å². The van der Waals surface area contributed by atoms with Gasteiger partial charge in [0, 0.05) is 12.1 Å². The molecule has 2 heterocycles. The minimum absolute atomic E-state index is 0.277. The smallest absolute Gasteiger partial charge is 0.115 e. The lowest BCUT2D eigenvalue weighted by molar-refractivity contribution is 0.189. The van der Waals surface area contributed by atoms with Gasteiger partial charge in [-0.15, -0.1) is 0 Å². The van der Waals surface area contributed by atoms with Crippen molar-refractivity contribution in [3.8, 4) is 0 Å². The molecule has 2 aliphatic heterocycles. The molecule has 0 radical (unpaired) electrons. The molecule has 0 aromatic rings. The van der Waals surface area contributed by atoms with Gasteiger partial charge in [-0.05, 0) is 32.2 Å². The quantitative estimate of drug-likeness (QED) is 0.562. The number of fused-ring (bicyclic) bond motifs is 1. The first-order valence-corrected chi connectivity index (χ1v) is 4.66. The fourth-order valence-electron chi connectivity index (χ4n) is 2.77. The van der Waals surface area contributed by atoms with Crippen LogP contribution in [-0.2, 0) is 0 Å². The van der Waals surface area contributed by atoms with E-state index in [1.54, 1.807) is 0 Å². The Hall–Kier alpha value is -0.110. The van der Waals surface area contributed by atoms with E-state index < -0.39 is 6.17 Å². The molecular weight excluding hydrogens is 141 g/mol. The van der Waals surface area contributed by atoms with Gasteiger partial charge in [-0.25, -0.2) is 4.39 Å². The summed E-state index contributed by atoms with van der Waals surface area (Å²) < 4.78 is 13.0. The second-order valence-electron chi connectivity index (χ2n) is 3.93. The number of halogens is 1. The van der Waals surface area contributed by atoms with Crippen molar-refractivity contribution in [1.82, 2.24) is 4.90 Å². The van der Waals surface area contributed by atoms with Crippen LogP contribution in [0.15, 0.2) is 0 Å². The van der Waals surface area contributed by atoms with Crippen LogP contribution in [0.5, 0.6) is 0 Å². The molecule has 11 heavy (non-hydrogen) atoms. The fourth-order valence-corrected chi connectivity index (χ4v) is 2.77. The Morgan fingerprint density at radius 2 is 2.45 bits per heavy atom. The summed E-state index contributed by atoms with van der Waals surface area (Å²) in [7, 11) is 0. The first kappa shape index (κ1) is 7.53. The van der Waals surface area contributed by atoms with E-state index in [-0.39, 0.29) is 5.54 Å². The summed E-state index contributed by atoms with van der Waals surface area (Å²) in [6.45, 7) is 4.03. The Morgan fingerprint density at radius 1 is 1.64 bits per heavy atom. The van der Waals surface area contributed by atoms with Gasteiger partial charge in [0.05, 0.1) is 0 Å². The molecule has 0 N–H and O–H groups in total. The largest absolute Gasteiger partial charge is 0.295 e. The Labute approximate surface area is 67.6 Å². The lowest BCUT2D eigenvalue weighted by atomic mass is 9.91. The number of alkyl halides is 1. The summed E-state index contributed by atoms with van der Waals surface area (Å²) in [6.07, 6.45) is 3.89. The monoisotopic (exact) mass is 157 g/mol. The summed E-state index contributed by atoms with van der Waals surface area (Å²) in [4.78, 5) is 2.36. The highest BCUT2D eigenvalue weighted by atomic mass is 19.1. The van der Waals surface area contributed by atoms with Gasteiger partial charge in [0.15, 0.2) is 0 Å². The van der Waals surface area contributed by atoms with Crippen LogP contribution in [-0.4, -0.2) is 29.7 Å². The van der Waals surface area contributed by atoms with Crippen LogP contribution in [0.25, 0.3) is 0 Å². The summed E-state index contributed by atoms with van der Waals surface area (Å²) in [5.74, 6) is 0. The minimum Gasteiger partial charge on any atom is -0.295 e. The zero-order valence-electron chi connectivity index (χ0n) is 7.15. The second-order valence-corrected chi connectivity index (χ2v) is 3.93. The van der Waals surface area contributed by atoms with Crippen molar-refractivity contribution in [2.75, 3.05) is 13.1 Å². The summed E-state index contributed by atoms with van der Waals surface area (Å²) in [6, 6.07) is 0. The molecule has 2 rings (SSSR count). The molecular formula is C9H16FN. The molecule has 64 valence electrons. The van der Waals surface area contributed by atoms with E-state index in [1.807, 2.05) is 0 Å². The van der Waals surface area contributed by atoms with E-state index >= 15 is 0 Å². The molecule has 0 aromatic carbocycles. The van der Waals surface area contributed by atoms with E-state index in [2.05, 4.69) is 11.8 Å². The number of rotatable bonds is 1. The van der Waals surface area contributed by atoms with Gasteiger partial charge in [0.1, 0.15) is 6.17 Å². The molecule has 0 bridgehead atoms. The maximum Gasteiger partial charge on any atom is 0.115 e. The highest BCUT2D eigenvalue weighted by molar-refractivity contribution is 5.02. The van der Waals surface area contributed by atoms with Crippen molar-refractivity contribution in [3.63, 3.8) is 0 Å². The van der Waals surface area contributed by atoms with Gasteiger partial charge in [0.2, 0.25) is 0 Å². The Morgan fingerprint density at radius 3 is 3.09 bits per heavy atom. The predicted octanol–water partition coefficient (Wildman–Crippen LogP) is 1.97. The maximum absolute atomic E-state index is 13.0. The van der Waals surface area contributed by atoms with Gasteiger partial charge in [-0.2, -0.15) is 0 Å². The van der Waals surface area contributed by atoms with Gasteiger partial charge >= 0.3 is 0 Å². The van der Waals surface area contributed by atoms with Crippen molar-refractivity contribution in [2.24, 2.45) is 0 Å². The molecule has 0 aliphatic carbocycles. The highest BCUT2D eigenvalue weighted by Crippen LogP contribution is 2.41. The molecule has 2 saturated heterocycles. The van der Waals surface area contributed by atoms with Crippen LogP contribution in [0.1, 0.15) is 32.6 Å². The topological polar surface area (TPSA) is 3.24 Å². The Kier molecular flexibility index (Phi) is 1.67. The fraction of sp³-hybridized carbons (Fsp3) is 1.00. The summed E-state index contributed by atoms with van der Waals surface area (Å²) in [5, 5.41) is 0. The van der Waals surface area contributed by atoms with Crippen LogP contribution in [0, 0.1) is 0 Å². The lowest BCUT2D eigenvalue weighted by Gasteiger charge is -2.29. The maximum atomic E-state index is 13.0. The molecule has 1 nitrogen and oxygen atoms in total. The van der Waals surface area contributed by atoms with E-state index in [1.165, 1.54) is 12.8 Å². The first-order chi connectivity index (χ1) is 5.27. The van der Waals surface area contributed by atoms with E-state index in [0.29, 0.717) is 6.54 Å². The molecule has 2 atom stereocenters. The third-order valence-electron chi connectivity index (χ3n) is 3.42. The lowest BCUT2D eigenvalue weighted by Crippen LogP contribution is -2.37. The summed E-state index contributed by atoms with van der Waals surface area (Å²) in [5.41, 5.74) is 0.277. The third kappa shape index (κ3) is 0.994. The third-order valence-corrected chi connectivity index (χ3v) is 3.42. The number of hydrogen-bond donors (Lipinski definition) is 0. The van der Waals surface area contributed by atoms with Gasteiger partial charge in [-0.3, -0.25) is 4.90 Å². The zero-order chi connectivity index (χ0) is 7.90. The molecule has 0 amide bonds. The van der Waals surface area contributed by atoms with Gasteiger partial charge < -0.3 is 0 Å². The number of hydrogen-bond acceptors (Lipinski definition) is 1. The van der Waals surface area contributed by atoms with Crippen molar-refractivity contribution in [3.05, 3.63) is 0 Å². The second kappa shape index (κ2) is 2.44. The van der Waals surface area contributed by atoms with Crippen LogP contribution in [0.2, 0.25) is 0 Å². The normalized spacial score (nSPS) is 44.7. The van der Waals surface area contributed by atoms with Crippen LogP contribution in [0.3, 0.4) is 0 Å². The molecule has 1 unspecified atom stereocenters. The average Bonchev–Trinajstić information content (AvgIpc) is 2.43. The standard InChI is InChI=1S/C9H16FN/c1-2-9-4-3-5-11(9)7-8(10)6-9/h8H,2-7H2,1H3/t8?,9-/m0/s1. The van der Waals surface area contributed by atoms with Crippen LogP contribution < -0.4 is 0 Å². The van der Waals surface area contributed by atoms with E-state index in [4.69, 9.17) is 0 Å². The molecule has 0 aromatic heterocycles. The van der Waals surface area contributed by atoms with E-state index in [0.717, 1.165) is 19.4 Å². The average molecular weight is 157 g/mol. The predicted molar refractivity (Wildman–Crippen MR) is 43.3 cm³/mol. The molecule has 2 aliphatic rings. The SMILES string of the molecule is CC[C@@]12CCCN1CC(F)C2. The van der Waals surface area contributed by atoms with Crippen molar-refractivity contribution in [2.45, 2.75) is 44.3 Å². The van der Waals surface area contributed by atoms with Gasteiger partial charge in [0.25, 0.3) is 0 Å². The summed E-state index contributed by atoms with van der Waals surface area (Å²) >= 11 is 0. The highest BCUT2D eigenvalue weighted by Gasteiger charge is 2.46. The minimum atomic E-state index is -0.546. The Bertz CT molecular complexity index is 160. The zero-order valence-corrected chi connectivity index (χ0v) is 7.15. The number of nitrogens with zero attached hydrogens (tertiary/aromatic N) is 1. The van der Waals surface area contributed by atoms with Crippen molar-refractivity contribution in [1.29, 1.82) is 0 Å². The molecule has 0 spiro atoms. The molecule has 0 saturated carbocycles. The van der Waals surface area contributed by atoms with Gasteiger partial charge in [-0.1, -0.05) is 6.92 Å². The van der Waals surface area contributed by atoms with E-state index in [9.17, 15) is 4.39 Å². The Balaban J connectivity index is 2.15. The molecule has 2 heteroatoms. The molecule has 2 fully saturated rings. The van der Waals surface area contributed by atoms with Crippen LogP contribution in [0.4, 0.5) is 4.39 Å². The van der Waals surface area contributed by atoms with Crippen LogP contribution >= 0.6 is 0 Å². The first-order valence-electron chi connectivity index (χ1n) is 4.66.